The highest BCUT2D eigenvalue weighted by atomic mass is 32.2. The maximum atomic E-state index is 12.0. The Hall–Kier alpha value is -1.68. The Morgan fingerprint density at radius 2 is 2.12 bits per heavy atom. The molecule has 88 valence electrons. The van der Waals surface area contributed by atoms with Crippen molar-refractivity contribution in [3.8, 4) is 0 Å². The van der Waals surface area contributed by atoms with E-state index in [1.807, 2.05) is 36.6 Å². The summed E-state index contributed by atoms with van der Waals surface area (Å²) in [4.78, 5) is 12.9. The van der Waals surface area contributed by atoms with Gasteiger partial charge in [-0.05, 0) is 30.5 Å². The second-order valence-electron chi connectivity index (χ2n) is 3.46. The molecule has 17 heavy (non-hydrogen) atoms. The largest absolute Gasteiger partial charge is 0.467 e. The molecule has 0 spiro atoms. The van der Waals surface area contributed by atoms with Crippen molar-refractivity contribution in [3.63, 3.8) is 0 Å². The molecular formula is C13H13NO2S. The summed E-state index contributed by atoms with van der Waals surface area (Å²) < 4.78 is 5.16. The fourth-order valence-electron chi connectivity index (χ4n) is 1.51. The van der Waals surface area contributed by atoms with Gasteiger partial charge in [0, 0.05) is 4.90 Å². The van der Waals surface area contributed by atoms with Gasteiger partial charge >= 0.3 is 0 Å². The number of benzene rings is 1. The van der Waals surface area contributed by atoms with Crippen LogP contribution in [0.2, 0.25) is 0 Å². The van der Waals surface area contributed by atoms with E-state index in [-0.39, 0.29) is 5.91 Å². The predicted molar refractivity (Wildman–Crippen MR) is 68.1 cm³/mol. The average molecular weight is 247 g/mol. The Kier molecular flexibility index (Phi) is 3.88. The molecule has 1 heterocycles. The van der Waals surface area contributed by atoms with Crippen molar-refractivity contribution in [3.05, 3.63) is 54.0 Å². The third-order valence-electron chi connectivity index (χ3n) is 2.35. The number of amides is 1. The molecule has 2 aromatic rings. The van der Waals surface area contributed by atoms with E-state index in [1.54, 1.807) is 24.1 Å². The van der Waals surface area contributed by atoms with E-state index in [0.717, 1.165) is 10.7 Å². The molecule has 0 radical (unpaired) electrons. The molecule has 1 aromatic heterocycles. The molecule has 1 aromatic carbocycles. The number of hydrogen-bond acceptors (Lipinski definition) is 3. The lowest BCUT2D eigenvalue weighted by molar-refractivity contribution is 0.0945. The van der Waals surface area contributed by atoms with Crippen LogP contribution >= 0.6 is 11.8 Å². The van der Waals surface area contributed by atoms with Crippen molar-refractivity contribution < 1.29 is 9.21 Å². The maximum absolute atomic E-state index is 12.0. The van der Waals surface area contributed by atoms with Crippen LogP contribution in [0.3, 0.4) is 0 Å². The zero-order valence-electron chi connectivity index (χ0n) is 9.47. The number of carbonyl (C=O) groups excluding carboxylic acids is 1. The fourth-order valence-corrected chi connectivity index (χ4v) is 2.10. The zero-order chi connectivity index (χ0) is 12.1. The molecule has 0 saturated carbocycles. The molecule has 0 aliphatic heterocycles. The summed E-state index contributed by atoms with van der Waals surface area (Å²) in [5.41, 5.74) is 0.701. The number of nitrogens with one attached hydrogen (secondary N) is 1. The summed E-state index contributed by atoms with van der Waals surface area (Å²) in [6, 6.07) is 11.2. The first-order valence-electron chi connectivity index (χ1n) is 5.25. The highest BCUT2D eigenvalue weighted by Gasteiger charge is 2.09. The van der Waals surface area contributed by atoms with Gasteiger partial charge in [0.1, 0.15) is 5.76 Å². The van der Waals surface area contributed by atoms with Crippen LogP contribution in [0.4, 0.5) is 0 Å². The molecule has 1 N–H and O–H groups in total. The van der Waals surface area contributed by atoms with E-state index in [9.17, 15) is 4.79 Å². The summed E-state index contributed by atoms with van der Waals surface area (Å²) in [5, 5.41) is 2.83. The molecule has 0 unspecified atom stereocenters. The van der Waals surface area contributed by atoms with E-state index in [2.05, 4.69) is 5.32 Å². The Labute approximate surface area is 104 Å². The molecule has 1 amide bonds. The summed E-state index contributed by atoms with van der Waals surface area (Å²) >= 11 is 1.56. The highest BCUT2D eigenvalue weighted by molar-refractivity contribution is 7.98. The Bertz CT molecular complexity index is 494. The fraction of sp³-hybridized carbons (Fsp3) is 0.154. The van der Waals surface area contributed by atoms with Gasteiger partial charge in [0.25, 0.3) is 5.91 Å². The average Bonchev–Trinajstić information content (AvgIpc) is 2.89. The smallest absolute Gasteiger partial charge is 0.252 e. The first-order chi connectivity index (χ1) is 8.31. The molecule has 0 aliphatic carbocycles. The van der Waals surface area contributed by atoms with Gasteiger partial charge in [-0.2, -0.15) is 0 Å². The van der Waals surface area contributed by atoms with Gasteiger partial charge < -0.3 is 9.73 Å². The molecule has 4 heteroatoms. The minimum Gasteiger partial charge on any atom is -0.467 e. The van der Waals surface area contributed by atoms with E-state index in [1.165, 1.54) is 0 Å². The van der Waals surface area contributed by atoms with Crippen molar-refractivity contribution in [2.75, 3.05) is 6.26 Å². The molecule has 0 aliphatic rings. The lowest BCUT2D eigenvalue weighted by Gasteiger charge is -2.07. The second kappa shape index (κ2) is 5.59. The van der Waals surface area contributed by atoms with Crippen LogP contribution < -0.4 is 5.32 Å². The van der Waals surface area contributed by atoms with Crippen LogP contribution in [0, 0.1) is 0 Å². The van der Waals surface area contributed by atoms with Crippen LogP contribution in [-0.4, -0.2) is 12.2 Å². The summed E-state index contributed by atoms with van der Waals surface area (Å²) in [6.07, 6.45) is 3.55. The standard InChI is InChI=1S/C13H13NO2S/c1-17-12-7-3-2-6-11(12)13(15)14-9-10-5-4-8-16-10/h2-8H,9H2,1H3,(H,14,15). The molecule has 0 saturated heterocycles. The van der Waals surface area contributed by atoms with Gasteiger partial charge in [0.2, 0.25) is 0 Å². The van der Waals surface area contributed by atoms with Crippen molar-refractivity contribution >= 4 is 17.7 Å². The van der Waals surface area contributed by atoms with Gasteiger partial charge in [-0.15, -0.1) is 11.8 Å². The molecule has 2 rings (SSSR count). The van der Waals surface area contributed by atoms with Gasteiger partial charge in [0.05, 0.1) is 18.4 Å². The number of thioether (sulfide) groups is 1. The number of rotatable bonds is 4. The van der Waals surface area contributed by atoms with E-state index in [4.69, 9.17) is 4.42 Å². The minimum absolute atomic E-state index is 0.0775. The minimum atomic E-state index is -0.0775. The van der Waals surface area contributed by atoms with Crippen molar-refractivity contribution in [1.29, 1.82) is 0 Å². The van der Waals surface area contributed by atoms with Crippen LogP contribution in [0.5, 0.6) is 0 Å². The van der Waals surface area contributed by atoms with Gasteiger partial charge in [-0.1, -0.05) is 12.1 Å². The second-order valence-corrected chi connectivity index (χ2v) is 4.31. The lowest BCUT2D eigenvalue weighted by atomic mass is 10.2. The summed E-state index contributed by atoms with van der Waals surface area (Å²) in [5.74, 6) is 0.673. The van der Waals surface area contributed by atoms with E-state index < -0.39 is 0 Å². The Morgan fingerprint density at radius 3 is 2.82 bits per heavy atom. The Morgan fingerprint density at radius 1 is 1.29 bits per heavy atom. The van der Waals surface area contributed by atoms with Crippen molar-refractivity contribution in [1.82, 2.24) is 5.32 Å². The molecule has 0 bridgehead atoms. The Balaban J connectivity index is 2.04. The predicted octanol–water partition coefficient (Wildman–Crippen LogP) is 2.93. The van der Waals surface area contributed by atoms with Gasteiger partial charge in [-0.25, -0.2) is 0 Å². The summed E-state index contributed by atoms with van der Waals surface area (Å²) in [7, 11) is 0. The topological polar surface area (TPSA) is 42.2 Å². The van der Waals surface area contributed by atoms with Gasteiger partial charge in [-0.3, -0.25) is 4.79 Å². The quantitative estimate of drug-likeness (QED) is 0.845. The van der Waals surface area contributed by atoms with Gasteiger partial charge in [0.15, 0.2) is 0 Å². The van der Waals surface area contributed by atoms with Crippen LogP contribution in [-0.2, 0) is 6.54 Å². The zero-order valence-corrected chi connectivity index (χ0v) is 10.3. The summed E-state index contributed by atoms with van der Waals surface area (Å²) in [6.45, 7) is 0.411. The third kappa shape index (κ3) is 2.91. The van der Waals surface area contributed by atoms with E-state index >= 15 is 0 Å². The van der Waals surface area contributed by atoms with E-state index in [0.29, 0.717) is 12.1 Å². The van der Waals surface area contributed by atoms with Crippen LogP contribution in [0.1, 0.15) is 16.1 Å². The lowest BCUT2D eigenvalue weighted by Crippen LogP contribution is -2.23. The number of furan rings is 1. The monoisotopic (exact) mass is 247 g/mol. The molecule has 0 fully saturated rings. The SMILES string of the molecule is CSc1ccccc1C(=O)NCc1ccco1. The number of carbonyl (C=O) groups is 1. The molecular weight excluding hydrogens is 234 g/mol. The van der Waals surface area contributed by atoms with Crippen molar-refractivity contribution in [2.45, 2.75) is 11.4 Å². The third-order valence-corrected chi connectivity index (χ3v) is 3.15. The first kappa shape index (κ1) is 11.8. The highest BCUT2D eigenvalue weighted by Crippen LogP contribution is 2.19. The van der Waals surface area contributed by atoms with Crippen LogP contribution in [0.25, 0.3) is 0 Å². The molecule has 3 nitrogen and oxygen atoms in total. The maximum Gasteiger partial charge on any atom is 0.252 e. The van der Waals surface area contributed by atoms with Crippen LogP contribution in [0.15, 0.2) is 52.0 Å². The molecule has 0 atom stereocenters. The first-order valence-corrected chi connectivity index (χ1v) is 6.47. The normalized spacial score (nSPS) is 10.2. The van der Waals surface area contributed by atoms with Crippen molar-refractivity contribution in [2.24, 2.45) is 0 Å². The number of hydrogen-bond donors (Lipinski definition) is 1.